The van der Waals surface area contributed by atoms with Gasteiger partial charge in [0.2, 0.25) is 13.7 Å². The number of carbonyl (C=O) groups excluding carboxylic acids is 1. The number of amides is 1. The van der Waals surface area contributed by atoms with Crippen LogP contribution in [-0.2, 0) is 31.6 Å². The van der Waals surface area contributed by atoms with Crippen LogP contribution in [0.5, 0.6) is 0 Å². The molecule has 3 aromatic carbocycles. The molecule has 0 bridgehead atoms. The molecule has 1 aromatic heterocycles. The molecule has 4 rings (SSSR count). The highest BCUT2D eigenvalue weighted by molar-refractivity contribution is 7.57. The molecule has 1 heterocycles. The lowest BCUT2D eigenvalue weighted by Crippen LogP contribution is -2.37. The van der Waals surface area contributed by atoms with Gasteiger partial charge in [-0.15, -0.1) is 0 Å². The van der Waals surface area contributed by atoms with Crippen molar-refractivity contribution in [2.24, 2.45) is 0 Å². The third-order valence-corrected chi connectivity index (χ3v) is 8.07. The molecule has 0 saturated heterocycles. The van der Waals surface area contributed by atoms with Crippen molar-refractivity contribution in [3.05, 3.63) is 114 Å². The molecule has 3 N–H and O–H groups in total. The van der Waals surface area contributed by atoms with Gasteiger partial charge in [-0.2, -0.15) is 0 Å². The van der Waals surface area contributed by atoms with Gasteiger partial charge in [0.05, 0.1) is 12.8 Å². The molecule has 0 radical (unpaired) electrons. The highest BCUT2D eigenvalue weighted by atomic mass is 31.2. The number of hydrogen-bond donors (Lipinski definition) is 3. The molecule has 208 valence electrons. The summed E-state index contributed by atoms with van der Waals surface area (Å²) in [6.45, 7) is 0.143. The molecule has 4 aromatic rings. The Morgan fingerprint density at radius 3 is 2.23 bits per heavy atom. The van der Waals surface area contributed by atoms with Crippen LogP contribution in [0, 0.1) is 0 Å². The second kappa shape index (κ2) is 13.7. The smallest absolute Gasteiger partial charge is 0.410 e. The second-order valence-corrected chi connectivity index (χ2v) is 11.4. The Morgan fingerprint density at radius 1 is 0.950 bits per heavy atom. The fourth-order valence-corrected chi connectivity index (χ4v) is 5.58. The molecule has 0 saturated carbocycles. The van der Waals surface area contributed by atoms with E-state index >= 15 is 0 Å². The first-order chi connectivity index (χ1) is 19.3. The van der Waals surface area contributed by atoms with E-state index in [1.807, 2.05) is 60.7 Å². The highest BCUT2D eigenvalue weighted by Gasteiger charge is 2.35. The number of aliphatic carboxylic acids is 1. The number of carbonyl (C=O) groups is 2. The monoisotopic (exact) mass is 564 g/mol. The SMILES string of the molecule is O=C(O)CCC(NC(=O)OC(OCc1ccccc1)c1ccccc1)P(=O)(O)Cc1cc(-c2ccccc2)no1. The number of carboxylic acid groups (broad SMARTS) is 1. The molecule has 11 heteroatoms. The van der Waals surface area contributed by atoms with Crippen LogP contribution < -0.4 is 5.32 Å². The van der Waals surface area contributed by atoms with E-state index in [2.05, 4.69) is 10.5 Å². The summed E-state index contributed by atoms with van der Waals surface area (Å²) >= 11 is 0. The summed E-state index contributed by atoms with van der Waals surface area (Å²) in [6.07, 6.45) is -3.38. The normalized spacial score (nSPS) is 14.0. The van der Waals surface area contributed by atoms with Crippen LogP contribution in [0.25, 0.3) is 11.3 Å². The fraction of sp³-hybridized carbons (Fsp3) is 0.207. The van der Waals surface area contributed by atoms with E-state index in [4.69, 9.17) is 14.0 Å². The second-order valence-electron chi connectivity index (χ2n) is 9.00. The first kappa shape index (κ1) is 28.8. The van der Waals surface area contributed by atoms with Crippen molar-refractivity contribution < 1.29 is 38.2 Å². The molecule has 3 atom stereocenters. The maximum absolute atomic E-state index is 13.4. The third-order valence-electron chi connectivity index (χ3n) is 5.94. The Labute approximate surface area is 231 Å². The van der Waals surface area contributed by atoms with E-state index in [0.717, 1.165) is 11.1 Å². The maximum Gasteiger partial charge on any atom is 0.410 e. The van der Waals surface area contributed by atoms with Crippen molar-refractivity contribution in [2.75, 3.05) is 0 Å². The molecule has 40 heavy (non-hydrogen) atoms. The molecule has 1 amide bonds. The average Bonchev–Trinajstić information content (AvgIpc) is 3.42. The summed E-state index contributed by atoms with van der Waals surface area (Å²) < 4.78 is 30.1. The lowest BCUT2D eigenvalue weighted by atomic mass is 10.1. The van der Waals surface area contributed by atoms with Gasteiger partial charge in [0.1, 0.15) is 17.2 Å². The van der Waals surface area contributed by atoms with Crippen LogP contribution >= 0.6 is 7.37 Å². The quantitative estimate of drug-likeness (QED) is 0.132. The Bertz CT molecular complexity index is 1430. The number of hydrogen-bond acceptors (Lipinski definition) is 7. The zero-order valence-corrected chi connectivity index (χ0v) is 22.4. The van der Waals surface area contributed by atoms with E-state index in [1.165, 1.54) is 6.07 Å². The van der Waals surface area contributed by atoms with E-state index in [9.17, 15) is 24.2 Å². The van der Waals surface area contributed by atoms with E-state index in [-0.39, 0.29) is 18.8 Å². The van der Waals surface area contributed by atoms with Crippen LogP contribution in [0.1, 0.15) is 36.0 Å². The average molecular weight is 565 g/mol. The molecule has 0 fully saturated rings. The lowest BCUT2D eigenvalue weighted by molar-refractivity contribution is -0.137. The highest BCUT2D eigenvalue weighted by Crippen LogP contribution is 2.50. The Morgan fingerprint density at radius 2 is 1.57 bits per heavy atom. The minimum absolute atomic E-state index is 0.119. The zero-order valence-electron chi connectivity index (χ0n) is 21.5. The molecule has 0 aliphatic heterocycles. The minimum atomic E-state index is -4.24. The summed E-state index contributed by atoms with van der Waals surface area (Å²) in [5, 5.41) is 15.5. The fourth-order valence-electron chi connectivity index (χ4n) is 3.92. The van der Waals surface area contributed by atoms with Gasteiger partial charge in [0.25, 0.3) is 0 Å². The van der Waals surface area contributed by atoms with Crippen molar-refractivity contribution in [2.45, 2.75) is 37.7 Å². The van der Waals surface area contributed by atoms with Gasteiger partial charge in [-0.3, -0.25) is 9.36 Å². The predicted molar refractivity (Wildman–Crippen MR) is 146 cm³/mol. The third kappa shape index (κ3) is 8.38. The van der Waals surface area contributed by atoms with Gasteiger partial charge in [-0.1, -0.05) is 96.2 Å². The van der Waals surface area contributed by atoms with E-state index < -0.39 is 44.1 Å². The van der Waals surface area contributed by atoms with Crippen LogP contribution in [0.3, 0.4) is 0 Å². The number of rotatable bonds is 13. The molecule has 10 nitrogen and oxygen atoms in total. The first-order valence-electron chi connectivity index (χ1n) is 12.5. The first-order valence-corrected chi connectivity index (χ1v) is 14.4. The van der Waals surface area contributed by atoms with Crippen LogP contribution in [-0.4, -0.2) is 33.0 Å². The van der Waals surface area contributed by atoms with Crippen LogP contribution in [0.4, 0.5) is 4.79 Å². The predicted octanol–water partition coefficient (Wildman–Crippen LogP) is 5.94. The molecule has 0 aliphatic carbocycles. The number of aromatic nitrogens is 1. The summed E-state index contributed by atoms with van der Waals surface area (Å²) in [7, 11) is -4.24. The zero-order chi connectivity index (χ0) is 28.4. The standard InChI is InChI=1S/C29H29N2O8P/c32-27(33)17-16-26(40(35,36)20-24-18-25(31-39-24)22-12-6-2-7-13-22)30-29(34)38-28(23-14-8-3-9-15-23)37-19-21-10-4-1-5-11-21/h1-15,18,26,28H,16-17,19-20H2,(H,30,34)(H,32,33)(H,35,36). The van der Waals surface area contributed by atoms with Crippen molar-refractivity contribution in [1.29, 1.82) is 0 Å². The van der Waals surface area contributed by atoms with Gasteiger partial charge < -0.3 is 29.3 Å². The molecule has 0 spiro atoms. The topological polar surface area (TPSA) is 148 Å². The van der Waals surface area contributed by atoms with Crippen LogP contribution in [0.15, 0.2) is 102 Å². The summed E-state index contributed by atoms with van der Waals surface area (Å²) in [5.74, 6) is -2.49. The Balaban J connectivity index is 1.47. The molecule has 3 unspecified atom stereocenters. The van der Waals surface area contributed by atoms with Gasteiger partial charge in [0, 0.05) is 23.6 Å². The molecule has 0 aliphatic rings. The number of alkyl carbamates (subject to hydrolysis) is 1. The van der Waals surface area contributed by atoms with Gasteiger partial charge in [-0.25, -0.2) is 4.79 Å². The number of nitrogens with zero attached hydrogens (tertiary/aromatic N) is 1. The van der Waals surface area contributed by atoms with Crippen molar-refractivity contribution in [3.63, 3.8) is 0 Å². The van der Waals surface area contributed by atoms with Crippen LogP contribution in [0.2, 0.25) is 0 Å². The van der Waals surface area contributed by atoms with Gasteiger partial charge in [0.15, 0.2) is 0 Å². The minimum Gasteiger partial charge on any atom is -0.481 e. The number of nitrogens with one attached hydrogen (secondary N) is 1. The largest absolute Gasteiger partial charge is 0.481 e. The summed E-state index contributed by atoms with van der Waals surface area (Å²) in [4.78, 5) is 35.2. The number of benzene rings is 3. The maximum atomic E-state index is 13.4. The van der Waals surface area contributed by atoms with E-state index in [1.54, 1.807) is 30.3 Å². The molecular formula is C29H29N2O8P. The number of carboxylic acids is 1. The van der Waals surface area contributed by atoms with Crippen molar-refractivity contribution in [1.82, 2.24) is 10.5 Å². The van der Waals surface area contributed by atoms with Gasteiger partial charge >= 0.3 is 12.1 Å². The van der Waals surface area contributed by atoms with Crippen molar-refractivity contribution >= 4 is 19.4 Å². The summed E-state index contributed by atoms with van der Waals surface area (Å²) in [5.41, 5.74) is 2.65. The number of ether oxygens (including phenoxy) is 2. The summed E-state index contributed by atoms with van der Waals surface area (Å²) in [6, 6.07) is 28.7. The van der Waals surface area contributed by atoms with E-state index in [0.29, 0.717) is 11.3 Å². The Kier molecular flexibility index (Phi) is 9.86. The van der Waals surface area contributed by atoms with Crippen molar-refractivity contribution in [3.8, 4) is 11.3 Å². The van der Waals surface area contributed by atoms with Gasteiger partial charge in [-0.05, 0) is 12.0 Å². The molecular weight excluding hydrogens is 535 g/mol. The lowest BCUT2D eigenvalue weighted by Gasteiger charge is -2.25. The Hall–Kier alpha value is -4.24.